The molecule has 2 aliphatic rings. The molecule has 0 aromatic heterocycles. The third-order valence-electron chi connectivity index (χ3n) is 6.84. The highest BCUT2D eigenvalue weighted by molar-refractivity contribution is 5.92. The van der Waals surface area contributed by atoms with Crippen LogP contribution in [-0.4, -0.2) is 29.6 Å². The molecule has 33 heavy (non-hydrogen) atoms. The smallest absolute Gasteiger partial charge is 0.336 e. The number of carbonyl (C=O) groups is 1. The molecule has 174 valence electrons. The summed E-state index contributed by atoms with van der Waals surface area (Å²) in [5.74, 6) is -0.261. The Morgan fingerprint density at radius 2 is 1.79 bits per heavy atom. The number of alkyl halides is 3. The molecule has 0 saturated carbocycles. The Labute approximate surface area is 193 Å². The van der Waals surface area contributed by atoms with E-state index in [-0.39, 0.29) is 28.3 Å². The lowest BCUT2D eigenvalue weighted by Gasteiger charge is -2.51. The first kappa shape index (κ1) is 23.3. The van der Waals surface area contributed by atoms with Gasteiger partial charge in [0.1, 0.15) is 0 Å². The molecule has 1 saturated heterocycles. The van der Waals surface area contributed by atoms with E-state index in [0.717, 1.165) is 18.9 Å². The fraction of sp³-hybridized carbons (Fsp3) is 0.407. The third kappa shape index (κ3) is 4.61. The molecular weight excluding hydrogens is 425 g/mol. The van der Waals surface area contributed by atoms with Crippen LogP contribution in [0, 0.1) is 5.41 Å². The summed E-state index contributed by atoms with van der Waals surface area (Å²) in [6.45, 7) is 7.50. The van der Waals surface area contributed by atoms with Gasteiger partial charge in [0.25, 0.3) is 0 Å². The van der Waals surface area contributed by atoms with Crippen LogP contribution in [0.3, 0.4) is 0 Å². The van der Waals surface area contributed by atoms with E-state index in [2.05, 4.69) is 44.1 Å². The molecule has 3 nitrogen and oxygen atoms in total. The first-order valence-corrected chi connectivity index (χ1v) is 11.3. The number of nitrogens with zero attached hydrogens (tertiary/aromatic N) is 2. The number of hydrogen-bond donors (Lipinski definition) is 0. The number of rotatable bonds is 2. The van der Waals surface area contributed by atoms with Gasteiger partial charge in [0.2, 0.25) is 5.91 Å². The quantitative estimate of drug-likeness (QED) is 0.492. The first-order valence-electron chi connectivity index (χ1n) is 11.3. The Morgan fingerprint density at radius 1 is 1.09 bits per heavy atom. The van der Waals surface area contributed by atoms with E-state index in [1.165, 1.54) is 35.4 Å². The average Bonchev–Trinajstić information content (AvgIpc) is 2.77. The maximum absolute atomic E-state index is 13.3. The molecule has 0 bridgehead atoms. The highest BCUT2D eigenvalue weighted by atomic mass is 19.4. The van der Waals surface area contributed by atoms with Crippen molar-refractivity contribution in [1.29, 1.82) is 0 Å². The van der Waals surface area contributed by atoms with Crippen LogP contribution >= 0.6 is 0 Å². The fourth-order valence-corrected chi connectivity index (χ4v) is 5.12. The van der Waals surface area contributed by atoms with E-state index in [4.69, 9.17) is 0 Å². The summed E-state index contributed by atoms with van der Waals surface area (Å²) < 4.78 is 40.0. The van der Waals surface area contributed by atoms with Gasteiger partial charge in [-0.15, -0.1) is 0 Å². The Balaban J connectivity index is 1.62. The van der Waals surface area contributed by atoms with Crippen LogP contribution in [0.5, 0.6) is 0 Å². The van der Waals surface area contributed by atoms with Gasteiger partial charge in [0.05, 0.1) is 12.1 Å². The molecule has 0 radical (unpaired) electrons. The minimum absolute atomic E-state index is 0.00696. The van der Waals surface area contributed by atoms with E-state index in [0.29, 0.717) is 13.1 Å². The monoisotopic (exact) mass is 454 g/mol. The number of fused-ring (bicyclic) bond motifs is 2. The van der Waals surface area contributed by atoms with Crippen molar-refractivity contribution in [2.45, 2.75) is 57.8 Å². The van der Waals surface area contributed by atoms with E-state index in [1.54, 1.807) is 6.07 Å². The molecule has 6 heteroatoms. The van der Waals surface area contributed by atoms with Crippen molar-refractivity contribution >= 4 is 18.2 Å². The van der Waals surface area contributed by atoms with Crippen molar-refractivity contribution in [3.8, 4) is 0 Å². The molecule has 2 aliphatic heterocycles. The van der Waals surface area contributed by atoms with Gasteiger partial charge in [-0.05, 0) is 47.1 Å². The van der Waals surface area contributed by atoms with Crippen molar-refractivity contribution in [3.05, 3.63) is 76.9 Å². The van der Waals surface area contributed by atoms with Crippen molar-refractivity contribution in [3.63, 3.8) is 0 Å². The second kappa shape index (κ2) is 8.47. The molecule has 1 fully saturated rings. The van der Waals surface area contributed by atoms with Gasteiger partial charge in [-0.3, -0.25) is 9.79 Å². The fourth-order valence-electron chi connectivity index (χ4n) is 5.12. The van der Waals surface area contributed by atoms with Crippen LogP contribution < -0.4 is 0 Å². The second-order valence-corrected chi connectivity index (χ2v) is 10.1. The van der Waals surface area contributed by atoms with Crippen LogP contribution in [-0.2, 0) is 22.9 Å². The van der Waals surface area contributed by atoms with E-state index < -0.39 is 11.7 Å². The Kier molecular flexibility index (Phi) is 5.97. The average molecular weight is 455 g/mol. The SMILES string of the molecule is CC(C)(C)C1CC2(C=NCc3ccccc32)CCN1C(=O)/C=C/c1ccccc1C(F)(F)F. The number of amides is 1. The van der Waals surface area contributed by atoms with Crippen molar-refractivity contribution in [2.75, 3.05) is 6.54 Å². The van der Waals surface area contributed by atoms with E-state index in [1.807, 2.05) is 17.0 Å². The summed E-state index contributed by atoms with van der Waals surface area (Å²) in [5.41, 5.74) is 1.31. The molecule has 1 spiro atoms. The second-order valence-electron chi connectivity index (χ2n) is 10.1. The number of carbonyl (C=O) groups excluding carboxylic acids is 1. The predicted octanol–water partition coefficient (Wildman–Crippen LogP) is 6.28. The lowest BCUT2D eigenvalue weighted by Crippen LogP contribution is -2.56. The van der Waals surface area contributed by atoms with Gasteiger partial charge < -0.3 is 4.90 Å². The Bertz CT molecular complexity index is 1100. The maximum atomic E-state index is 13.3. The molecule has 2 atom stereocenters. The summed E-state index contributed by atoms with van der Waals surface area (Å²) in [4.78, 5) is 19.7. The van der Waals surface area contributed by atoms with Crippen molar-refractivity contribution in [2.24, 2.45) is 10.4 Å². The zero-order chi connectivity index (χ0) is 23.9. The zero-order valence-corrected chi connectivity index (χ0v) is 19.2. The summed E-state index contributed by atoms with van der Waals surface area (Å²) in [6, 6.07) is 13.6. The number of halogens is 3. The highest BCUT2D eigenvalue weighted by Gasteiger charge is 2.46. The first-order chi connectivity index (χ1) is 15.5. The summed E-state index contributed by atoms with van der Waals surface area (Å²) >= 11 is 0. The summed E-state index contributed by atoms with van der Waals surface area (Å²) in [6.07, 6.45) is 1.62. The molecule has 2 aromatic rings. The number of likely N-dealkylation sites (tertiary alicyclic amines) is 1. The van der Waals surface area contributed by atoms with E-state index >= 15 is 0 Å². The van der Waals surface area contributed by atoms with Gasteiger partial charge in [-0.1, -0.05) is 63.2 Å². The predicted molar refractivity (Wildman–Crippen MR) is 125 cm³/mol. The van der Waals surface area contributed by atoms with Gasteiger partial charge in [-0.2, -0.15) is 13.2 Å². The van der Waals surface area contributed by atoms with Crippen LogP contribution in [0.1, 0.15) is 55.9 Å². The third-order valence-corrected chi connectivity index (χ3v) is 6.84. The number of hydrogen-bond acceptors (Lipinski definition) is 2. The Morgan fingerprint density at radius 3 is 2.52 bits per heavy atom. The molecule has 2 heterocycles. The summed E-state index contributed by atoms with van der Waals surface area (Å²) in [7, 11) is 0. The minimum atomic E-state index is -4.47. The maximum Gasteiger partial charge on any atom is 0.416 e. The normalized spacial score (nSPS) is 23.2. The Hall–Kier alpha value is -2.89. The van der Waals surface area contributed by atoms with Crippen molar-refractivity contribution in [1.82, 2.24) is 4.90 Å². The van der Waals surface area contributed by atoms with Crippen LogP contribution in [0.4, 0.5) is 13.2 Å². The van der Waals surface area contributed by atoms with E-state index in [9.17, 15) is 18.0 Å². The zero-order valence-electron chi connectivity index (χ0n) is 19.2. The summed E-state index contributed by atoms with van der Waals surface area (Å²) in [5, 5.41) is 0. The molecule has 4 rings (SSSR count). The lowest BCUT2D eigenvalue weighted by atomic mass is 9.64. The molecule has 2 aromatic carbocycles. The molecular formula is C27H29F3N2O. The van der Waals surface area contributed by atoms with Crippen LogP contribution in [0.2, 0.25) is 0 Å². The van der Waals surface area contributed by atoms with Crippen molar-refractivity contribution < 1.29 is 18.0 Å². The molecule has 1 amide bonds. The van der Waals surface area contributed by atoms with Gasteiger partial charge in [0, 0.05) is 30.3 Å². The molecule has 0 aliphatic carbocycles. The number of benzene rings is 2. The van der Waals surface area contributed by atoms with Crippen LogP contribution in [0.15, 0.2) is 59.6 Å². The largest absolute Gasteiger partial charge is 0.416 e. The minimum Gasteiger partial charge on any atom is -0.336 e. The van der Waals surface area contributed by atoms with Gasteiger partial charge in [0.15, 0.2) is 0 Å². The molecule has 2 unspecified atom stereocenters. The topological polar surface area (TPSA) is 32.7 Å². The number of aliphatic imine (C=N–C) groups is 1. The van der Waals surface area contributed by atoms with Gasteiger partial charge >= 0.3 is 6.18 Å². The van der Waals surface area contributed by atoms with Gasteiger partial charge in [-0.25, -0.2) is 0 Å². The number of piperidine rings is 1. The van der Waals surface area contributed by atoms with Crippen LogP contribution in [0.25, 0.3) is 6.08 Å². The molecule has 0 N–H and O–H groups in total. The standard InChI is InChI=1S/C27H29F3N2O/c1-25(2,3)23-16-26(18-31-17-20-9-5-6-10-21(20)26)14-15-32(23)24(33)13-12-19-8-4-7-11-22(19)27(28,29)30/h4-13,18,23H,14-17H2,1-3H3/b13-12+. The lowest BCUT2D eigenvalue weighted by molar-refractivity contribution is -0.138. The highest BCUT2D eigenvalue weighted by Crippen LogP contribution is 2.45.